The summed E-state index contributed by atoms with van der Waals surface area (Å²) < 4.78 is 0.882. The van der Waals surface area contributed by atoms with E-state index >= 15 is 0 Å². The van der Waals surface area contributed by atoms with Crippen LogP contribution >= 0.6 is 45.5 Å². The van der Waals surface area contributed by atoms with Gasteiger partial charge in [-0.2, -0.15) is 0 Å². The van der Waals surface area contributed by atoms with Gasteiger partial charge in [-0.25, -0.2) is 0 Å². The van der Waals surface area contributed by atoms with Crippen LogP contribution in [0.1, 0.15) is 0 Å². The SMILES string of the molecule is S=c1ssc(-c2ccccc2)c1S. The minimum absolute atomic E-state index is 0.882. The van der Waals surface area contributed by atoms with Crippen molar-refractivity contribution in [2.75, 3.05) is 0 Å². The van der Waals surface area contributed by atoms with Crippen molar-refractivity contribution < 1.29 is 0 Å². The van der Waals surface area contributed by atoms with Crippen molar-refractivity contribution in [1.82, 2.24) is 0 Å². The molecule has 0 atom stereocenters. The molecule has 0 N–H and O–H groups in total. The molecule has 0 saturated heterocycles. The highest BCUT2D eigenvalue weighted by molar-refractivity contribution is 7.85. The maximum absolute atomic E-state index is 5.13. The fraction of sp³-hybridized carbons (Fsp3) is 0. The third-order valence-corrected chi connectivity index (χ3v) is 5.61. The molecule has 0 saturated carbocycles. The Balaban J connectivity index is 2.60. The largest absolute Gasteiger partial charge is 0.140 e. The monoisotopic (exact) mass is 242 g/mol. The minimum atomic E-state index is 0.882. The Hall–Kier alpha value is -0.160. The van der Waals surface area contributed by atoms with E-state index in [4.69, 9.17) is 12.2 Å². The summed E-state index contributed by atoms with van der Waals surface area (Å²) in [6, 6.07) is 10.2. The second-order valence-corrected chi connectivity index (χ2v) is 5.76. The zero-order valence-corrected chi connectivity index (χ0v) is 9.90. The molecule has 4 heteroatoms. The number of hydrogen-bond donors (Lipinski definition) is 1. The molecular formula is C9H6S4. The second kappa shape index (κ2) is 3.92. The maximum atomic E-state index is 5.13. The van der Waals surface area contributed by atoms with Gasteiger partial charge in [-0.15, -0.1) is 12.6 Å². The van der Waals surface area contributed by atoms with Gasteiger partial charge in [0.1, 0.15) is 3.82 Å². The third kappa shape index (κ3) is 1.86. The highest BCUT2D eigenvalue weighted by Crippen LogP contribution is 2.36. The average Bonchev–Trinajstić information content (AvgIpc) is 2.49. The molecule has 1 heterocycles. The molecule has 0 fully saturated rings. The van der Waals surface area contributed by atoms with Crippen LogP contribution < -0.4 is 0 Å². The molecule has 0 radical (unpaired) electrons. The van der Waals surface area contributed by atoms with Crippen LogP contribution in [-0.4, -0.2) is 0 Å². The molecule has 13 heavy (non-hydrogen) atoms. The first-order valence-corrected chi connectivity index (χ1v) is 6.67. The number of thiol groups is 1. The van der Waals surface area contributed by atoms with Crippen LogP contribution in [0.15, 0.2) is 35.2 Å². The van der Waals surface area contributed by atoms with Gasteiger partial charge < -0.3 is 0 Å². The molecule has 1 aromatic carbocycles. The first-order chi connectivity index (χ1) is 6.29. The lowest BCUT2D eigenvalue weighted by Gasteiger charge is -1.96. The van der Waals surface area contributed by atoms with Crippen LogP contribution in [0.5, 0.6) is 0 Å². The molecule has 0 spiro atoms. The highest BCUT2D eigenvalue weighted by atomic mass is 32.9. The van der Waals surface area contributed by atoms with Crippen molar-refractivity contribution >= 4 is 45.5 Å². The first-order valence-electron chi connectivity index (χ1n) is 3.66. The van der Waals surface area contributed by atoms with E-state index in [1.54, 1.807) is 20.7 Å². The third-order valence-electron chi connectivity index (χ3n) is 1.65. The molecular weight excluding hydrogens is 236 g/mol. The summed E-state index contributed by atoms with van der Waals surface area (Å²) in [7, 11) is 3.30. The molecule has 2 rings (SSSR count). The molecule has 0 aliphatic heterocycles. The maximum Gasteiger partial charge on any atom is 0.115 e. The van der Waals surface area contributed by atoms with Gasteiger partial charge in [-0.3, -0.25) is 0 Å². The number of hydrogen-bond acceptors (Lipinski definition) is 4. The summed E-state index contributed by atoms with van der Waals surface area (Å²) in [6.07, 6.45) is 0. The van der Waals surface area contributed by atoms with E-state index in [2.05, 4.69) is 24.8 Å². The van der Waals surface area contributed by atoms with E-state index in [0.29, 0.717) is 0 Å². The Kier molecular flexibility index (Phi) is 2.83. The standard InChI is InChI=1S/C9H6S4/c10-7-8(12-13-9(7)11)6-4-2-1-3-5-6/h1-5,10H. The van der Waals surface area contributed by atoms with Gasteiger partial charge >= 0.3 is 0 Å². The van der Waals surface area contributed by atoms with Crippen LogP contribution in [0.3, 0.4) is 0 Å². The van der Waals surface area contributed by atoms with Crippen molar-refractivity contribution in [2.45, 2.75) is 4.90 Å². The van der Waals surface area contributed by atoms with Crippen LogP contribution in [-0.2, 0) is 0 Å². The average molecular weight is 242 g/mol. The van der Waals surface area contributed by atoms with Gasteiger partial charge in [0.2, 0.25) is 0 Å². The highest BCUT2D eigenvalue weighted by Gasteiger charge is 2.05. The normalized spacial score (nSPS) is 10.2. The summed E-state index contributed by atoms with van der Waals surface area (Å²) >= 11 is 9.52. The fourth-order valence-corrected chi connectivity index (χ4v) is 4.36. The van der Waals surface area contributed by atoms with Gasteiger partial charge in [0.25, 0.3) is 0 Å². The molecule has 0 aliphatic carbocycles. The quantitative estimate of drug-likeness (QED) is 0.436. The van der Waals surface area contributed by atoms with E-state index in [1.165, 1.54) is 10.4 Å². The Morgan fingerprint density at radius 1 is 1.08 bits per heavy atom. The zero-order valence-electron chi connectivity index (χ0n) is 6.56. The van der Waals surface area contributed by atoms with Crippen molar-refractivity contribution in [3.63, 3.8) is 0 Å². The van der Waals surface area contributed by atoms with Crippen molar-refractivity contribution in [1.29, 1.82) is 0 Å². The van der Waals surface area contributed by atoms with Crippen molar-refractivity contribution in [3.05, 3.63) is 34.2 Å². The lowest BCUT2D eigenvalue weighted by Crippen LogP contribution is -1.71. The molecule has 0 bridgehead atoms. The summed E-state index contributed by atoms with van der Waals surface area (Å²) in [4.78, 5) is 2.12. The van der Waals surface area contributed by atoms with Crippen molar-refractivity contribution in [3.8, 4) is 10.4 Å². The summed E-state index contributed by atoms with van der Waals surface area (Å²) in [5.41, 5.74) is 1.20. The fourth-order valence-electron chi connectivity index (χ4n) is 1.03. The van der Waals surface area contributed by atoms with Gasteiger partial charge in [0.05, 0.1) is 9.77 Å². The van der Waals surface area contributed by atoms with Crippen LogP contribution in [0, 0.1) is 3.82 Å². The lowest BCUT2D eigenvalue weighted by molar-refractivity contribution is 1.57. The van der Waals surface area contributed by atoms with Crippen LogP contribution in [0.25, 0.3) is 10.4 Å². The Labute approximate surface area is 94.7 Å². The van der Waals surface area contributed by atoms with E-state index in [-0.39, 0.29) is 0 Å². The molecule has 0 amide bonds. The predicted molar refractivity (Wildman–Crippen MR) is 65.7 cm³/mol. The zero-order chi connectivity index (χ0) is 9.26. The summed E-state index contributed by atoms with van der Waals surface area (Å²) in [5.74, 6) is 0. The first kappa shape index (κ1) is 9.40. The molecule has 0 unspecified atom stereocenters. The smallest absolute Gasteiger partial charge is 0.115 e. The van der Waals surface area contributed by atoms with Gasteiger partial charge in [-0.05, 0) is 5.56 Å². The topological polar surface area (TPSA) is 0 Å². The van der Waals surface area contributed by atoms with Crippen molar-refractivity contribution in [2.24, 2.45) is 0 Å². The second-order valence-electron chi connectivity index (χ2n) is 2.50. The Bertz CT molecular complexity index is 452. The van der Waals surface area contributed by atoms with E-state index in [9.17, 15) is 0 Å². The minimum Gasteiger partial charge on any atom is -0.140 e. The summed E-state index contributed by atoms with van der Waals surface area (Å²) in [6.45, 7) is 0. The Morgan fingerprint density at radius 2 is 1.77 bits per heavy atom. The summed E-state index contributed by atoms with van der Waals surface area (Å²) in [5, 5.41) is 0. The van der Waals surface area contributed by atoms with Gasteiger partial charge in [0.15, 0.2) is 0 Å². The van der Waals surface area contributed by atoms with Gasteiger partial charge in [0, 0.05) is 0 Å². The van der Waals surface area contributed by atoms with E-state index < -0.39 is 0 Å². The number of benzene rings is 1. The molecule has 1 aromatic heterocycles. The molecule has 2 aromatic rings. The van der Waals surface area contributed by atoms with Crippen LogP contribution in [0.4, 0.5) is 0 Å². The molecule has 0 nitrogen and oxygen atoms in total. The predicted octanol–water partition coefficient (Wildman–Crippen LogP) is 4.49. The van der Waals surface area contributed by atoms with E-state index in [1.807, 2.05) is 18.2 Å². The number of rotatable bonds is 1. The van der Waals surface area contributed by atoms with E-state index in [0.717, 1.165) is 8.72 Å². The van der Waals surface area contributed by atoms with Gasteiger partial charge in [-0.1, -0.05) is 63.2 Å². The Morgan fingerprint density at radius 3 is 2.31 bits per heavy atom. The van der Waals surface area contributed by atoms with Crippen LogP contribution in [0.2, 0.25) is 0 Å². The molecule has 66 valence electrons. The molecule has 0 aliphatic rings. The lowest BCUT2D eigenvalue weighted by atomic mass is 10.2.